The third-order valence-electron chi connectivity index (χ3n) is 5.88. The monoisotopic (exact) mass is 512 g/mol. The summed E-state index contributed by atoms with van der Waals surface area (Å²) >= 11 is 0. The van der Waals surface area contributed by atoms with Crippen LogP contribution in [0.3, 0.4) is 0 Å². The van der Waals surface area contributed by atoms with Gasteiger partial charge in [-0.25, -0.2) is 4.79 Å². The molecule has 0 spiro atoms. The van der Waals surface area contributed by atoms with Gasteiger partial charge in [0.2, 0.25) is 5.91 Å². The normalized spacial score (nSPS) is 14.7. The molecule has 0 radical (unpaired) electrons. The number of amides is 2. The number of ether oxygens (including phenoxy) is 4. The highest BCUT2D eigenvalue weighted by molar-refractivity contribution is 6.00. The molecule has 1 fully saturated rings. The van der Waals surface area contributed by atoms with Gasteiger partial charge in [-0.05, 0) is 42.8 Å². The number of carbonyl (C=O) groups is 4. The molecular weight excluding hydrogens is 480 g/mol. The zero-order valence-corrected chi connectivity index (χ0v) is 21.3. The van der Waals surface area contributed by atoms with Gasteiger partial charge in [0.15, 0.2) is 6.61 Å². The minimum absolute atomic E-state index is 0.0363. The molecule has 1 aliphatic heterocycles. The zero-order valence-electron chi connectivity index (χ0n) is 21.3. The summed E-state index contributed by atoms with van der Waals surface area (Å²) in [6.45, 7) is 2.04. The Morgan fingerprint density at radius 2 is 1.76 bits per heavy atom. The predicted octanol–water partition coefficient (Wildman–Crippen LogP) is 3.59. The Labute approximate surface area is 215 Å². The van der Waals surface area contributed by atoms with Gasteiger partial charge in [-0.1, -0.05) is 19.8 Å². The number of carbonyl (C=O) groups excluding carboxylic acids is 4. The van der Waals surface area contributed by atoms with Crippen LogP contribution in [0.4, 0.5) is 11.4 Å². The van der Waals surface area contributed by atoms with Crippen molar-refractivity contribution in [2.45, 2.75) is 32.6 Å². The second-order valence-corrected chi connectivity index (χ2v) is 8.52. The maximum absolute atomic E-state index is 12.6. The first kappa shape index (κ1) is 27.5. The van der Waals surface area contributed by atoms with E-state index in [4.69, 9.17) is 18.9 Å². The van der Waals surface area contributed by atoms with Gasteiger partial charge in [0.05, 0.1) is 38.0 Å². The van der Waals surface area contributed by atoms with E-state index in [0.29, 0.717) is 35.0 Å². The number of methoxy groups -OCH3 is 2. The van der Waals surface area contributed by atoms with Crippen molar-refractivity contribution >= 4 is 35.1 Å². The van der Waals surface area contributed by atoms with E-state index in [1.165, 1.54) is 19.1 Å². The molecule has 1 heterocycles. The number of esters is 2. The first-order valence-electron chi connectivity index (χ1n) is 12.1. The Bertz CT molecular complexity index is 1120. The van der Waals surface area contributed by atoms with Crippen LogP contribution in [0.1, 0.15) is 43.0 Å². The van der Waals surface area contributed by atoms with E-state index in [1.807, 2.05) is 0 Å². The van der Waals surface area contributed by atoms with E-state index in [9.17, 15) is 19.2 Å². The molecule has 1 saturated heterocycles. The van der Waals surface area contributed by atoms with Crippen LogP contribution >= 0.6 is 0 Å². The molecule has 10 heteroatoms. The molecule has 0 aliphatic carbocycles. The molecule has 2 amide bonds. The lowest BCUT2D eigenvalue weighted by Crippen LogP contribution is -2.28. The van der Waals surface area contributed by atoms with Crippen molar-refractivity contribution < 1.29 is 38.1 Å². The van der Waals surface area contributed by atoms with E-state index >= 15 is 0 Å². The molecular formula is C27H32N2O8. The number of rotatable bonds is 12. The van der Waals surface area contributed by atoms with Crippen molar-refractivity contribution in [1.29, 1.82) is 0 Å². The van der Waals surface area contributed by atoms with Crippen molar-refractivity contribution in [1.82, 2.24) is 0 Å². The number of anilines is 2. The molecule has 2 aromatic rings. The summed E-state index contributed by atoms with van der Waals surface area (Å²) in [4.78, 5) is 51.0. The van der Waals surface area contributed by atoms with Crippen molar-refractivity contribution in [3.05, 3.63) is 48.0 Å². The quantitative estimate of drug-likeness (QED) is 0.338. The molecule has 0 unspecified atom stereocenters. The highest BCUT2D eigenvalue weighted by Gasteiger charge is 2.36. The number of nitrogens with zero attached hydrogens (tertiary/aromatic N) is 1. The van der Waals surface area contributed by atoms with Crippen LogP contribution in [0.2, 0.25) is 0 Å². The fourth-order valence-corrected chi connectivity index (χ4v) is 3.85. The van der Waals surface area contributed by atoms with Crippen LogP contribution in [-0.4, -0.2) is 57.7 Å². The number of hydrogen-bond acceptors (Lipinski definition) is 8. The second kappa shape index (κ2) is 13.3. The van der Waals surface area contributed by atoms with Crippen LogP contribution in [0, 0.1) is 5.92 Å². The molecule has 1 atom stereocenters. The highest BCUT2D eigenvalue weighted by atomic mass is 16.5. The molecule has 0 saturated carbocycles. The number of hydrogen-bond donors (Lipinski definition) is 1. The summed E-state index contributed by atoms with van der Waals surface area (Å²) in [6, 6.07) is 11.4. The summed E-state index contributed by atoms with van der Waals surface area (Å²) < 4.78 is 20.8. The summed E-state index contributed by atoms with van der Waals surface area (Å²) in [7, 11) is 2.97. The fourth-order valence-electron chi connectivity index (χ4n) is 3.85. The molecule has 37 heavy (non-hydrogen) atoms. The van der Waals surface area contributed by atoms with Crippen molar-refractivity contribution in [3.63, 3.8) is 0 Å². The lowest BCUT2D eigenvalue weighted by Gasteiger charge is -2.17. The summed E-state index contributed by atoms with van der Waals surface area (Å²) in [5.41, 5.74) is 1.32. The highest BCUT2D eigenvalue weighted by Crippen LogP contribution is 2.29. The summed E-state index contributed by atoms with van der Waals surface area (Å²) in [6.07, 6.45) is 2.81. The largest absolute Gasteiger partial charge is 0.497 e. The number of benzene rings is 2. The van der Waals surface area contributed by atoms with Crippen molar-refractivity contribution in [2.24, 2.45) is 5.92 Å². The van der Waals surface area contributed by atoms with Gasteiger partial charge in [0.25, 0.3) is 5.91 Å². The third-order valence-corrected chi connectivity index (χ3v) is 5.88. The first-order chi connectivity index (χ1) is 17.9. The summed E-state index contributed by atoms with van der Waals surface area (Å²) in [5, 5.41) is 2.62. The second-order valence-electron chi connectivity index (χ2n) is 8.52. The van der Waals surface area contributed by atoms with Gasteiger partial charge in [-0.2, -0.15) is 0 Å². The zero-order chi connectivity index (χ0) is 26.8. The fraction of sp³-hybridized carbons (Fsp3) is 0.407. The van der Waals surface area contributed by atoms with Crippen LogP contribution in [0.25, 0.3) is 0 Å². The van der Waals surface area contributed by atoms with E-state index < -0.39 is 30.4 Å². The van der Waals surface area contributed by atoms with Gasteiger partial charge in [-0.3, -0.25) is 14.4 Å². The first-order valence-corrected chi connectivity index (χ1v) is 12.1. The minimum atomic E-state index is -0.713. The minimum Gasteiger partial charge on any atom is -0.497 e. The molecule has 1 N–H and O–H groups in total. The summed E-state index contributed by atoms with van der Waals surface area (Å²) in [5.74, 6) is -1.63. The Morgan fingerprint density at radius 1 is 1.00 bits per heavy atom. The van der Waals surface area contributed by atoms with Crippen LogP contribution in [0.15, 0.2) is 42.5 Å². The van der Waals surface area contributed by atoms with E-state index in [-0.39, 0.29) is 18.9 Å². The molecule has 1 aliphatic rings. The molecule has 0 bridgehead atoms. The molecule has 0 aromatic heterocycles. The predicted molar refractivity (Wildman–Crippen MR) is 136 cm³/mol. The van der Waals surface area contributed by atoms with E-state index in [1.54, 1.807) is 42.5 Å². The molecule has 198 valence electrons. The smallest absolute Gasteiger partial charge is 0.338 e. The molecule has 2 aromatic carbocycles. The van der Waals surface area contributed by atoms with Gasteiger partial charge in [0, 0.05) is 24.7 Å². The van der Waals surface area contributed by atoms with Crippen LogP contribution in [-0.2, 0) is 23.9 Å². The Kier molecular flexibility index (Phi) is 9.88. The van der Waals surface area contributed by atoms with Gasteiger partial charge >= 0.3 is 11.9 Å². The number of unbranched alkanes of at least 4 members (excludes halogenated alkanes) is 2. The SMILES string of the molecule is CCCCCOC(=O)c1ccc(N2C[C@H](C(=O)OCC(=O)Nc3cc(OC)ccc3OC)CC2=O)cc1. The van der Waals surface area contributed by atoms with Crippen LogP contribution < -0.4 is 19.7 Å². The average molecular weight is 513 g/mol. The molecule has 10 nitrogen and oxygen atoms in total. The van der Waals surface area contributed by atoms with Crippen molar-refractivity contribution in [2.75, 3.05) is 44.2 Å². The Balaban J connectivity index is 1.51. The van der Waals surface area contributed by atoms with Gasteiger partial charge in [-0.15, -0.1) is 0 Å². The topological polar surface area (TPSA) is 120 Å². The maximum Gasteiger partial charge on any atom is 0.338 e. The lowest BCUT2D eigenvalue weighted by atomic mass is 10.1. The van der Waals surface area contributed by atoms with E-state index in [0.717, 1.165) is 19.3 Å². The van der Waals surface area contributed by atoms with Crippen LogP contribution in [0.5, 0.6) is 11.5 Å². The average Bonchev–Trinajstić information content (AvgIpc) is 3.31. The Morgan fingerprint density at radius 3 is 2.43 bits per heavy atom. The van der Waals surface area contributed by atoms with E-state index in [2.05, 4.69) is 12.2 Å². The lowest BCUT2D eigenvalue weighted by molar-refractivity contribution is -0.151. The standard InChI is InChI=1S/C27H32N2O8/c1-4-5-6-13-36-26(32)18-7-9-20(10-8-18)29-16-19(14-25(29)31)27(33)37-17-24(30)28-22-15-21(34-2)11-12-23(22)35-3/h7-12,15,19H,4-6,13-14,16-17H2,1-3H3,(H,28,30)/t19-/m1/s1. The van der Waals surface area contributed by atoms with Gasteiger partial charge in [0.1, 0.15) is 11.5 Å². The third kappa shape index (κ3) is 7.45. The van der Waals surface area contributed by atoms with Gasteiger partial charge < -0.3 is 29.2 Å². The Hall–Kier alpha value is -4.08. The van der Waals surface area contributed by atoms with Crippen molar-refractivity contribution in [3.8, 4) is 11.5 Å². The number of nitrogens with one attached hydrogen (secondary N) is 1. The molecule has 3 rings (SSSR count). The maximum atomic E-state index is 12.6.